The molecule has 0 atom stereocenters. The number of rotatable bonds is 4. The van der Waals surface area contributed by atoms with Gasteiger partial charge in [-0.3, -0.25) is 0 Å². The van der Waals surface area contributed by atoms with Crippen molar-refractivity contribution >= 4 is 11.6 Å². The highest BCUT2D eigenvalue weighted by atomic mass is 35.5. The van der Waals surface area contributed by atoms with Gasteiger partial charge in [0.15, 0.2) is 0 Å². The molecule has 0 aliphatic carbocycles. The average Bonchev–Trinajstić information content (AvgIpc) is 2.46. The summed E-state index contributed by atoms with van der Waals surface area (Å²) in [6, 6.07) is 13.5. The molecule has 2 aromatic rings. The van der Waals surface area contributed by atoms with E-state index in [0.29, 0.717) is 5.56 Å². The number of pyridine rings is 1. The summed E-state index contributed by atoms with van der Waals surface area (Å²) in [4.78, 5) is 4.21. The van der Waals surface area contributed by atoms with Gasteiger partial charge in [-0.05, 0) is 42.7 Å². The molecule has 2 rings (SSSR count). The van der Waals surface area contributed by atoms with Crippen molar-refractivity contribution in [2.75, 3.05) is 7.11 Å². The number of hydrogen-bond donors (Lipinski definition) is 0. The molecule has 0 aliphatic heterocycles. The predicted octanol–water partition coefficient (Wildman–Crippen LogP) is 3.40. The topological polar surface area (TPSA) is 45.9 Å². The maximum absolute atomic E-state index is 8.78. The van der Waals surface area contributed by atoms with E-state index in [2.05, 4.69) is 4.98 Å². The molecule has 4 heteroatoms. The van der Waals surface area contributed by atoms with Gasteiger partial charge in [-0.1, -0.05) is 23.7 Å². The van der Waals surface area contributed by atoms with Crippen molar-refractivity contribution in [3.8, 4) is 11.8 Å². The third kappa shape index (κ3) is 3.46. The molecule has 19 heavy (non-hydrogen) atoms. The lowest BCUT2D eigenvalue weighted by molar-refractivity contribution is 0.414. The summed E-state index contributed by atoms with van der Waals surface area (Å²) < 4.78 is 5.11. The molecule has 0 saturated carbocycles. The van der Waals surface area contributed by atoms with Crippen molar-refractivity contribution in [3.05, 3.63) is 58.4 Å². The van der Waals surface area contributed by atoms with E-state index in [1.54, 1.807) is 13.2 Å². The molecule has 0 spiro atoms. The molecule has 1 aromatic heterocycles. The highest BCUT2D eigenvalue weighted by Crippen LogP contribution is 2.15. The molecule has 0 fully saturated rings. The van der Waals surface area contributed by atoms with Crippen molar-refractivity contribution < 1.29 is 4.74 Å². The molecule has 0 amide bonds. The van der Waals surface area contributed by atoms with Crippen LogP contribution in [0.5, 0.6) is 5.75 Å². The highest BCUT2D eigenvalue weighted by Gasteiger charge is 2.03. The van der Waals surface area contributed by atoms with Crippen molar-refractivity contribution in [1.29, 1.82) is 5.26 Å². The fourth-order valence-electron chi connectivity index (χ4n) is 1.76. The van der Waals surface area contributed by atoms with Gasteiger partial charge in [0, 0.05) is 5.69 Å². The standard InChI is InChI=1S/C15H13ClN2O/c1-19-14-8-3-11(4-9-14)2-6-13-7-5-12(10-17)15(16)18-13/h3-5,7-9H,2,6H2,1H3. The van der Waals surface area contributed by atoms with E-state index < -0.39 is 0 Å². The quantitative estimate of drug-likeness (QED) is 0.802. The van der Waals surface area contributed by atoms with Gasteiger partial charge in [0.2, 0.25) is 0 Å². The van der Waals surface area contributed by atoms with Crippen LogP contribution in [0.4, 0.5) is 0 Å². The number of ether oxygens (including phenoxy) is 1. The van der Waals surface area contributed by atoms with E-state index in [1.807, 2.05) is 36.4 Å². The summed E-state index contributed by atoms with van der Waals surface area (Å²) >= 11 is 5.90. The van der Waals surface area contributed by atoms with Gasteiger partial charge in [-0.2, -0.15) is 5.26 Å². The first kappa shape index (κ1) is 13.4. The van der Waals surface area contributed by atoms with Crippen molar-refractivity contribution in [2.24, 2.45) is 0 Å². The second kappa shape index (κ2) is 6.21. The minimum atomic E-state index is 0.273. The number of aromatic nitrogens is 1. The van der Waals surface area contributed by atoms with E-state index >= 15 is 0 Å². The van der Waals surface area contributed by atoms with Crippen molar-refractivity contribution in [2.45, 2.75) is 12.8 Å². The number of halogens is 1. The van der Waals surface area contributed by atoms with Crippen molar-refractivity contribution in [3.63, 3.8) is 0 Å². The van der Waals surface area contributed by atoms with Crippen LogP contribution in [0.25, 0.3) is 0 Å². The lowest BCUT2D eigenvalue weighted by Crippen LogP contribution is -1.96. The molecule has 0 bridgehead atoms. The van der Waals surface area contributed by atoms with Gasteiger partial charge in [-0.25, -0.2) is 4.98 Å². The molecular weight excluding hydrogens is 260 g/mol. The van der Waals surface area contributed by atoms with Crippen LogP contribution in [-0.4, -0.2) is 12.1 Å². The zero-order valence-corrected chi connectivity index (χ0v) is 11.3. The summed E-state index contributed by atoms with van der Waals surface area (Å²) in [5.41, 5.74) is 2.51. The van der Waals surface area contributed by atoms with Gasteiger partial charge in [0.25, 0.3) is 0 Å². The highest BCUT2D eigenvalue weighted by molar-refractivity contribution is 6.30. The van der Waals surface area contributed by atoms with E-state index in [4.69, 9.17) is 21.6 Å². The zero-order valence-electron chi connectivity index (χ0n) is 10.6. The van der Waals surface area contributed by atoms with Crippen LogP contribution >= 0.6 is 11.6 Å². The van der Waals surface area contributed by atoms with Gasteiger partial charge in [0.05, 0.1) is 12.7 Å². The minimum Gasteiger partial charge on any atom is -0.497 e. The number of nitrogens with zero attached hydrogens (tertiary/aromatic N) is 2. The fraction of sp³-hybridized carbons (Fsp3) is 0.200. The van der Waals surface area contributed by atoms with Gasteiger partial charge in [0.1, 0.15) is 17.0 Å². The third-order valence-corrected chi connectivity index (χ3v) is 3.14. The smallest absolute Gasteiger partial charge is 0.147 e. The first-order valence-corrected chi connectivity index (χ1v) is 6.29. The average molecular weight is 273 g/mol. The van der Waals surface area contributed by atoms with Crippen LogP contribution in [0.1, 0.15) is 16.8 Å². The summed E-state index contributed by atoms with van der Waals surface area (Å²) in [5, 5.41) is 9.05. The van der Waals surface area contributed by atoms with Gasteiger partial charge in [-0.15, -0.1) is 0 Å². The summed E-state index contributed by atoms with van der Waals surface area (Å²) in [6.07, 6.45) is 1.66. The molecule has 0 unspecified atom stereocenters. The molecule has 0 aliphatic rings. The SMILES string of the molecule is COc1ccc(CCc2ccc(C#N)c(Cl)n2)cc1. The Bertz CT molecular complexity index is 603. The third-order valence-electron chi connectivity index (χ3n) is 2.86. The monoisotopic (exact) mass is 272 g/mol. The minimum absolute atomic E-state index is 0.273. The Morgan fingerprint density at radius 2 is 1.89 bits per heavy atom. The predicted molar refractivity (Wildman–Crippen MR) is 74.4 cm³/mol. The fourth-order valence-corrected chi connectivity index (χ4v) is 1.97. The Kier molecular flexibility index (Phi) is 4.38. The van der Waals surface area contributed by atoms with Crippen LogP contribution in [0.3, 0.4) is 0 Å². The Morgan fingerprint density at radius 1 is 1.16 bits per heavy atom. The molecular formula is C15H13ClN2O. The number of aryl methyl sites for hydroxylation is 2. The molecule has 1 aromatic carbocycles. The molecule has 0 saturated heterocycles. The molecule has 0 N–H and O–H groups in total. The number of benzene rings is 1. The molecule has 1 heterocycles. The normalized spacial score (nSPS) is 9.95. The first-order chi connectivity index (χ1) is 9.22. The number of hydrogen-bond acceptors (Lipinski definition) is 3. The Morgan fingerprint density at radius 3 is 2.47 bits per heavy atom. The second-order valence-corrected chi connectivity index (χ2v) is 4.46. The maximum Gasteiger partial charge on any atom is 0.147 e. The summed E-state index contributed by atoms with van der Waals surface area (Å²) in [6.45, 7) is 0. The van der Waals surface area contributed by atoms with Crippen LogP contribution in [-0.2, 0) is 12.8 Å². The van der Waals surface area contributed by atoms with Crippen LogP contribution in [0, 0.1) is 11.3 Å². The number of methoxy groups -OCH3 is 1. The Balaban J connectivity index is 2.02. The largest absolute Gasteiger partial charge is 0.497 e. The molecule has 3 nitrogen and oxygen atoms in total. The Hall–Kier alpha value is -2.05. The van der Waals surface area contributed by atoms with Crippen LogP contribution < -0.4 is 4.74 Å². The van der Waals surface area contributed by atoms with E-state index in [-0.39, 0.29) is 5.15 Å². The van der Waals surface area contributed by atoms with E-state index in [1.165, 1.54) is 5.56 Å². The lowest BCUT2D eigenvalue weighted by atomic mass is 10.1. The van der Waals surface area contributed by atoms with E-state index in [0.717, 1.165) is 24.3 Å². The van der Waals surface area contributed by atoms with E-state index in [9.17, 15) is 0 Å². The number of nitriles is 1. The van der Waals surface area contributed by atoms with Gasteiger partial charge < -0.3 is 4.74 Å². The summed E-state index contributed by atoms with van der Waals surface area (Å²) in [5.74, 6) is 0.850. The lowest BCUT2D eigenvalue weighted by Gasteiger charge is -2.04. The first-order valence-electron chi connectivity index (χ1n) is 5.91. The second-order valence-electron chi connectivity index (χ2n) is 4.10. The van der Waals surface area contributed by atoms with Gasteiger partial charge >= 0.3 is 0 Å². The maximum atomic E-state index is 8.78. The van der Waals surface area contributed by atoms with Crippen molar-refractivity contribution in [1.82, 2.24) is 4.98 Å². The Labute approximate surface area is 117 Å². The molecule has 0 radical (unpaired) electrons. The van der Waals surface area contributed by atoms with Crippen LogP contribution in [0.15, 0.2) is 36.4 Å². The molecule has 96 valence electrons. The summed E-state index contributed by atoms with van der Waals surface area (Å²) in [7, 11) is 1.65. The van der Waals surface area contributed by atoms with Crippen LogP contribution in [0.2, 0.25) is 5.15 Å². The zero-order chi connectivity index (χ0) is 13.7.